The average molecular weight is 421 g/mol. The maximum absolute atomic E-state index is 13.1. The molecule has 152 valence electrons. The molecule has 5 nitrogen and oxygen atoms in total. The van der Waals surface area contributed by atoms with Crippen LogP contribution < -0.4 is 4.72 Å². The maximum Gasteiger partial charge on any atom is 0.240 e. The number of nitrogens with one attached hydrogen (secondary N) is 1. The Morgan fingerprint density at radius 2 is 1.50 bits per heavy atom. The second kappa shape index (κ2) is 8.61. The fourth-order valence-electron chi connectivity index (χ4n) is 3.15. The summed E-state index contributed by atoms with van der Waals surface area (Å²) in [6, 6.07) is 24.3. The fourth-order valence-corrected chi connectivity index (χ4v) is 4.16. The van der Waals surface area contributed by atoms with E-state index in [0.717, 1.165) is 28.8 Å². The normalized spacial score (nSPS) is 11.5. The molecule has 1 aromatic heterocycles. The zero-order chi connectivity index (χ0) is 21.0. The molecule has 3 aromatic carbocycles. The molecule has 0 saturated carbocycles. The second-order valence-electron chi connectivity index (χ2n) is 6.83. The maximum atomic E-state index is 13.1. The van der Waals surface area contributed by atoms with Gasteiger partial charge in [0.05, 0.1) is 17.1 Å². The van der Waals surface area contributed by atoms with E-state index in [2.05, 4.69) is 4.72 Å². The summed E-state index contributed by atoms with van der Waals surface area (Å²) in [5.41, 5.74) is 3.47. The van der Waals surface area contributed by atoms with Crippen LogP contribution in [0.3, 0.4) is 0 Å². The molecule has 7 heteroatoms. The van der Waals surface area contributed by atoms with Crippen LogP contribution in [-0.2, 0) is 23.1 Å². The van der Waals surface area contributed by atoms with Crippen molar-refractivity contribution in [1.29, 1.82) is 0 Å². The first kappa shape index (κ1) is 20.0. The molecule has 0 aliphatic heterocycles. The summed E-state index contributed by atoms with van der Waals surface area (Å²) in [4.78, 5) is 0.0156. The molecule has 0 amide bonds. The van der Waals surface area contributed by atoms with Crippen LogP contribution in [-0.4, -0.2) is 18.2 Å². The summed E-state index contributed by atoms with van der Waals surface area (Å²) < 4.78 is 42.7. The van der Waals surface area contributed by atoms with E-state index in [1.165, 1.54) is 12.1 Å². The summed E-state index contributed by atoms with van der Waals surface area (Å²) >= 11 is 0. The van der Waals surface area contributed by atoms with Gasteiger partial charge in [0.25, 0.3) is 0 Å². The van der Waals surface area contributed by atoms with Gasteiger partial charge < -0.3 is 0 Å². The van der Waals surface area contributed by atoms with E-state index in [1.807, 2.05) is 66.9 Å². The lowest BCUT2D eigenvalue weighted by atomic mass is 10.1. The molecule has 0 aliphatic carbocycles. The van der Waals surface area contributed by atoms with Gasteiger partial charge in [-0.2, -0.15) is 5.10 Å². The van der Waals surface area contributed by atoms with Crippen molar-refractivity contribution in [3.63, 3.8) is 0 Å². The predicted molar refractivity (Wildman–Crippen MR) is 114 cm³/mol. The van der Waals surface area contributed by atoms with Gasteiger partial charge in [0.1, 0.15) is 5.82 Å². The third kappa shape index (κ3) is 4.64. The summed E-state index contributed by atoms with van der Waals surface area (Å²) in [7, 11) is -3.78. The Bertz CT molecular complexity index is 1220. The summed E-state index contributed by atoms with van der Waals surface area (Å²) in [6.07, 6.45) is 1.85. The Morgan fingerprint density at radius 3 is 2.17 bits per heavy atom. The van der Waals surface area contributed by atoms with E-state index in [9.17, 15) is 12.8 Å². The third-order valence-corrected chi connectivity index (χ3v) is 6.07. The molecule has 0 saturated heterocycles. The molecule has 0 spiro atoms. The van der Waals surface area contributed by atoms with Crippen LogP contribution in [0.2, 0.25) is 0 Å². The van der Waals surface area contributed by atoms with Gasteiger partial charge in [-0.15, -0.1) is 0 Å². The van der Waals surface area contributed by atoms with Crippen molar-refractivity contribution in [3.8, 4) is 11.3 Å². The molecule has 0 radical (unpaired) electrons. The largest absolute Gasteiger partial charge is 0.267 e. The Labute approximate surface area is 174 Å². The number of nitrogens with zero attached hydrogens (tertiary/aromatic N) is 2. The predicted octanol–water partition coefficient (Wildman–Crippen LogP) is 4.22. The number of aromatic nitrogens is 2. The van der Waals surface area contributed by atoms with Crippen LogP contribution in [0.1, 0.15) is 11.1 Å². The quantitative estimate of drug-likeness (QED) is 0.486. The highest BCUT2D eigenvalue weighted by Gasteiger charge is 2.17. The van der Waals surface area contributed by atoms with Gasteiger partial charge in [-0.05, 0) is 29.8 Å². The molecule has 0 unspecified atom stereocenters. The van der Waals surface area contributed by atoms with Crippen molar-refractivity contribution < 1.29 is 12.8 Å². The Kier molecular flexibility index (Phi) is 5.74. The number of hydrogen-bond donors (Lipinski definition) is 1. The van der Waals surface area contributed by atoms with Crippen molar-refractivity contribution in [2.45, 2.75) is 18.0 Å². The first-order chi connectivity index (χ1) is 14.5. The second-order valence-corrected chi connectivity index (χ2v) is 8.60. The van der Waals surface area contributed by atoms with Crippen LogP contribution in [0, 0.1) is 5.82 Å². The van der Waals surface area contributed by atoms with Gasteiger partial charge in [0.2, 0.25) is 10.0 Å². The Balaban J connectivity index is 1.61. The van der Waals surface area contributed by atoms with Crippen LogP contribution in [0.4, 0.5) is 4.39 Å². The van der Waals surface area contributed by atoms with Crippen LogP contribution in [0.5, 0.6) is 0 Å². The molecule has 0 bridgehead atoms. The van der Waals surface area contributed by atoms with Crippen molar-refractivity contribution in [1.82, 2.24) is 14.5 Å². The fraction of sp³-hybridized carbons (Fsp3) is 0.0870. The van der Waals surface area contributed by atoms with Crippen LogP contribution in [0.15, 0.2) is 96.0 Å². The minimum absolute atomic E-state index is 0.0156. The number of hydrogen-bond acceptors (Lipinski definition) is 3. The average Bonchev–Trinajstić information content (AvgIpc) is 3.17. The summed E-state index contributed by atoms with van der Waals surface area (Å²) in [5, 5.41) is 4.69. The smallest absolute Gasteiger partial charge is 0.240 e. The van der Waals surface area contributed by atoms with Gasteiger partial charge >= 0.3 is 0 Å². The number of halogens is 1. The topological polar surface area (TPSA) is 64.0 Å². The molecule has 30 heavy (non-hydrogen) atoms. The first-order valence-electron chi connectivity index (χ1n) is 9.42. The molecule has 0 atom stereocenters. The van der Waals surface area contributed by atoms with Crippen molar-refractivity contribution >= 4 is 10.0 Å². The van der Waals surface area contributed by atoms with E-state index < -0.39 is 15.8 Å². The number of rotatable bonds is 7. The first-order valence-corrected chi connectivity index (χ1v) is 10.9. The number of benzene rings is 3. The molecular weight excluding hydrogens is 401 g/mol. The highest BCUT2D eigenvalue weighted by atomic mass is 32.2. The van der Waals surface area contributed by atoms with Crippen molar-refractivity contribution in [2.75, 3.05) is 0 Å². The Morgan fingerprint density at radius 1 is 0.867 bits per heavy atom. The standard InChI is InChI=1S/C23H20FN3O2S/c24-21-11-13-22(14-12-21)30(28,29)25-15-20-17-27(16-18-7-3-1-4-8-18)26-23(20)19-9-5-2-6-10-19/h1-14,17,25H,15-16H2. The highest BCUT2D eigenvalue weighted by Crippen LogP contribution is 2.23. The van der Waals surface area contributed by atoms with E-state index in [-0.39, 0.29) is 11.4 Å². The zero-order valence-electron chi connectivity index (χ0n) is 16.1. The highest BCUT2D eigenvalue weighted by molar-refractivity contribution is 7.89. The molecule has 4 aromatic rings. The van der Waals surface area contributed by atoms with Crippen molar-refractivity contribution in [3.05, 3.63) is 108 Å². The lowest BCUT2D eigenvalue weighted by Crippen LogP contribution is -2.23. The minimum atomic E-state index is -3.78. The van der Waals surface area contributed by atoms with Crippen LogP contribution in [0.25, 0.3) is 11.3 Å². The Hall–Kier alpha value is -3.29. The van der Waals surface area contributed by atoms with E-state index in [1.54, 1.807) is 4.68 Å². The molecule has 1 N–H and O–H groups in total. The molecular formula is C23H20FN3O2S. The van der Waals surface area contributed by atoms with Crippen molar-refractivity contribution in [2.24, 2.45) is 0 Å². The van der Waals surface area contributed by atoms with Crippen LogP contribution >= 0.6 is 0 Å². The SMILES string of the molecule is O=S(=O)(NCc1cn(Cc2ccccc2)nc1-c1ccccc1)c1ccc(F)cc1. The number of sulfonamides is 1. The van der Waals surface area contributed by atoms with Gasteiger partial charge in [-0.25, -0.2) is 17.5 Å². The monoisotopic (exact) mass is 421 g/mol. The van der Waals surface area contributed by atoms with E-state index in [4.69, 9.17) is 5.10 Å². The third-order valence-electron chi connectivity index (χ3n) is 4.65. The molecule has 0 fully saturated rings. The van der Waals surface area contributed by atoms with Gasteiger partial charge in [0, 0.05) is 23.9 Å². The molecule has 4 rings (SSSR count). The van der Waals surface area contributed by atoms with Gasteiger partial charge in [-0.1, -0.05) is 60.7 Å². The minimum Gasteiger partial charge on any atom is -0.267 e. The summed E-state index contributed by atoms with van der Waals surface area (Å²) in [5.74, 6) is -0.484. The van der Waals surface area contributed by atoms with Gasteiger partial charge in [-0.3, -0.25) is 4.68 Å². The summed E-state index contributed by atoms with van der Waals surface area (Å²) in [6.45, 7) is 0.643. The molecule has 1 heterocycles. The zero-order valence-corrected chi connectivity index (χ0v) is 16.9. The molecule has 0 aliphatic rings. The van der Waals surface area contributed by atoms with Gasteiger partial charge in [0.15, 0.2) is 0 Å². The lowest BCUT2D eigenvalue weighted by molar-refractivity contribution is 0.580. The van der Waals surface area contributed by atoms with E-state index in [0.29, 0.717) is 12.2 Å². The lowest BCUT2D eigenvalue weighted by Gasteiger charge is -2.07. The van der Waals surface area contributed by atoms with E-state index >= 15 is 0 Å².